The van der Waals surface area contributed by atoms with Crippen molar-refractivity contribution in [2.45, 2.75) is 32.4 Å². The van der Waals surface area contributed by atoms with Crippen LogP contribution in [0.25, 0.3) is 0 Å². The fraction of sp³-hybridized carbons (Fsp3) is 0.500. The number of hydrogen-bond donors (Lipinski definition) is 3. The second kappa shape index (κ2) is 6.54. The number of carboxylic acids is 1. The third-order valence-corrected chi connectivity index (χ3v) is 3.10. The van der Waals surface area contributed by atoms with E-state index in [-0.39, 0.29) is 5.56 Å². The lowest BCUT2D eigenvalue weighted by Crippen LogP contribution is -2.49. The predicted octanol–water partition coefficient (Wildman–Crippen LogP) is 1.51. The Labute approximate surface area is 113 Å². The highest BCUT2D eigenvalue weighted by Gasteiger charge is 2.22. The van der Waals surface area contributed by atoms with Crippen LogP contribution in [-0.2, 0) is 0 Å². The highest BCUT2D eigenvalue weighted by Crippen LogP contribution is 2.17. The molecule has 0 aliphatic carbocycles. The molecule has 1 unspecified atom stereocenters. The molecular weight excluding hydrogens is 246 g/mol. The molecule has 5 nitrogen and oxygen atoms in total. The maximum absolute atomic E-state index is 11.0. The zero-order valence-electron chi connectivity index (χ0n) is 11.5. The summed E-state index contributed by atoms with van der Waals surface area (Å²) < 4.78 is 5.45. The van der Waals surface area contributed by atoms with E-state index in [0.29, 0.717) is 18.9 Å². The third-order valence-electron chi connectivity index (χ3n) is 3.10. The van der Waals surface area contributed by atoms with Crippen LogP contribution in [0.2, 0.25) is 0 Å². The molecule has 1 aromatic rings. The average molecular weight is 267 g/mol. The van der Waals surface area contributed by atoms with E-state index in [0.717, 1.165) is 0 Å². The van der Waals surface area contributed by atoms with Gasteiger partial charge in [0.05, 0.1) is 6.10 Å². The largest absolute Gasteiger partial charge is 0.491 e. The van der Waals surface area contributed by atoms with Crippen LogP contribution in [0.4, 0.5) is 0 Å². The van der Waals surface area contributed by atoms with Gasteiger partial charge in [-0.2, -0.15) is 0 Å². The second-order valence-corrected chi connectivity index (χ2v) is 4.97. The van der Waals surface area contributed by atoms with Crippen LogP contribution >= 0.6 is 0 Å². The van der Waals surface area contributed by atoms with Gasteiger partial charge in [0, 0.05) is 12.1 Å². The molecule has 0 radical (unpaired) electrons. The third kappa shape index (κ3) is 4.54. The Morgan fingerprint density at radius 1 is 1.42 bits per heavy atom. The normalized spacial score (nSPS) is 13.1. The molecule has 1 aromatic carbocycles. The van der Waals surface area contributed by atoms with Crippen molar-refractivity contribution in [2.24, 2.45) is 0 Å². The SMILES string of the molecule is CC(O)C(C)(C)NCCOc1ccccc1C(=O)O. The summed E-state index contributed by atoms with van der Waals surface area (Å²) in [4.78, 5) is 11.0. The molecule has 0 heterocycles. The molecule has 0 aliphatic heterocycles. The molecule has 5 heteroatoms. The molecule has 0 amide bonds. The van der Waals surface area contributed by atoms with E-state index in [1.54, 1.807) is 25.1 Å². The number of aromatic carboxylic acids is 1. The summed E-state index contributed by atoms with van der Waals surface area (Å²) in [7, 11) is 0. The summed E-state index contributed by atoms with van der Waals surface area (Å²) in [5.74, 6) is -0.653. The predicted molar refractivity (Wildman–Crippen MR) is 72.7 cm³/mol. The summed E-state index contributed by atoms with van der Waals surface area (Å²) in [6.07, 6.45) is -0.487. The Hall–Kier alpha value is -1.59. The molecule has 0 bridgehead atoms. The molecule has 106 valence electrons. The number of benzene rings is 1. The minimum absolute atomic E-state index is 0.150. The van der Waals surface area contributed by atoms with Gasteiger partial charge in [-0.1, -0.05) is 12.1 Å². The Kier molecular flexibility index (Phi) is 5.32. The molecule has 0 aliphatic rings. The number of aliphatic hydroxyl groups excluding tert-OH is 1. The topological polar surface area (TPSA) is 78.8 Å². The summed E-state index contributed by atoms with van der Waals surface area (Å²) in [6.45, 7) is 6.35. The first-order valence-corrected chi connectivity index (χ1v) is 6.23. The van der Waals surface area contributed by atoms with Crippen LogP contribution in [0.15, 0.2) is 24.3 Å². The zero-order chi connectivity index (χ0) is 14.5. The van der Waals surface area contributed by atoms with Gasteiger partial charge in [-0.05, 0) is 32.9 Å². The first-order valence-electron chi connectivity index (χ1n) is 6.23. The van der Waals surface area contributed by atoms with E-state index in [9.17, 15) is 9.90 Å². The average Bonchev–Trinajstić information content (AvgIpc) is 2.34. The molecule has 1 atom stereocenters. The minimum Gasteiger partial charge on any atom is -0.491 e. The van der Waals surface area contributed by atoms with E-state index >= 15 is 0 Å². The highest BCUT2D eigenvalue weighted by atomic mass is 16.5. The van der Waals surface area contributed by atoms with Crippen LogP contribution in [0, 0.1) is 0 Å². The maximum atomic E-state index is 11.0. The zero-order valence-corrected chi connectivity index (χ0v) is 11.5. The van der Waals surface area contributed by atoms with Crippen molar-refractivity contribution < 1.29 is 19.7 Å². The van der Waals surface area contributed by atoms with Gasteiger partial charge >= 0.3 is 5.97 Å². The van der Waals surface area contributed by atoms with Gasteiger partial charge < -0.3 is 20.3 Å². The van der Waals surface area contributed by atoms with Crippen LogP contribution in [0.1, 0.15) is 31.1 Å². The number of aliphatic hydroxyl groups is 1. The molecular formula is C14H21NO4. The van der Waals surface area contributed by atoms with Crippen molar-refractivity contribution in [2.75, 3.05) is 13.2 Å². The Bertz CT molecular complexity index is 429. The Balaban J connectivity index is 2.48. The first kappa shape index (κ1) is 15.5. The van der Waals surface area contributed by atoms with Gasteiger partial charge in [0.1, 0.15) is 17.9 Å². The minimum atomic E-state index is -1.01. The fourth-order valence-electron chi connectivity index (χ4n) is 1.45. The summed E-state index contributed by atoms with van der Waals surface area (Å²) in [5, 5.41) is 21.7. The molecule has 0 saturated heterocycles. The number of nitrogens with one attached hydrogen (secondary N) is 1. The van der Waals surface area contributed by atoms with E-state index in [2.05, 4.69) is 5.32 Å². The molecule has 0 spiro atoms. The van der Waals surface area contributed by atoms with Crippen molar-refractivity contribution >= 4 is 5.97 Å². The second-order valence-electron chi connectivity index (χ2n) is 4.97. The fourth-order valence-corrected chi connectivity index (χ4v) is 1.45. The van der Waals surface area contributed by atoms with E-state index < -0.39 is 17.6 Å². The molecule has 1 rings (SSSR count). The lowest BCUT2D eigenvalue weighted by Gasteiger charge is -2.29. The van der Waals surface area contributed by atoms with Gasteiger partial charge in [0.25, 0.3) is 0 Å². The highest BCUT2D eigenvalue weighted by molar-refractivity contribution is 5.90. The van der Waals surface area contributed by atoms with Crippen molar-refractivity contribution in [3.8, 4) is 5.75 Å². The van der Waals surface area contributed by atoms with E-state index in [4.69, 9.17) is 9.84 Å². The van der Waals surface area contributed by atoms with Crippen molar-refractivity contribution in [3.05, 3.63) is 29.8 Å². The summed E-state index contributed by atoms with van der Waals surface area (Å²) in [5.41, 5.74) is -0.257. The first-order chi connectivity index (χ1) is 8.84. The number of ether oxygens (including phenoxy) is 1. The van der Waals surface area contributed by atoms with Crippen LogP contribution in [0.3, 0.4) is 0 Å². The van der Waals surface area contributed by atoms with Gasteiger partial charge in [-0.15, -0.1) is 0 Å². The number of carbonyl (C=O) groups is 1. The Morgan fingerprint density at radius 3 is 2.63 bits per heavy atom. The van der Waals surface area contributed by atoms with Crippen LogP contribution in [0.5, 0.6) is 5.75 Å². The number of hydrogen-bond acceptors (Lipinski definition) is 4. The van der Waals surface area contributed by atoms with E-state index in [1.165, 1.54) is 6.07 Å². The maximum Gasteiger partial charge on any atom is 0.339 e. The summed E-state index contributed by atoms with van der Waals surface area (Å²) >= 11 is 0. The number of rotatable bonds is 7. The number of carboxylic acid groups (broad SMARTS) is 1. The standard InChI is InChI=1S/C14H21NO4/c1-10(16)14(2,3)15-8-9-19-12-7-5-4-6-11(12)13(17)18/h4-7,10,15-16H,8-9H2,1-3H3,(H,17,18). The molecule has 0 saturated carbocycles. The van der Waals surface area contributed by atoms with Gasteiger partial charge in [-0.25, -0.2) is 4.79 Å². The van der Waals surface area contributed by atoms with Crippen LogP contribution < -0.4 is 10.1 Å². The lowest BCUT2D eigenvalue weighted by molar-refractivity contribution is 0.0691. The van der Waals surface area contributed by atoms with Crippen LogP contribution in [-0.4, -0.2) is 41.0 Å². The number of para-hydroxylation sites is 1. The monoisotopic (exact) mass is 267 g/mol. The molecule has 0 fully saturated rings. The van der Waals surface area contributed by atoms with Crippen molar-refractivity contribution in [1.82, 2.24) is 5.32 Å². The van der Waals surface area contributed by atoms with Gasteiger partial charge in [0.2, 0.25) is 0 Å². The molecule has 19 heavy (non-hydrogen) atoms. The molecule has 0 aromatic heterocycles. The quantitative estimate of drug-likeness (QED) is 0.653. The van der Waals surface area contributed by atoms with Crippen molar-refractivity contribution in [1.29, 1.82) is 0 Å². The smallest absolute Gasteiger partial charge is 0.339 e. The van der Waals surface area contributed by atoms with Gasteiger partial charge in [0.15, 0.2) is 0 Å². The van der Waals surface area contributed by atoms with Gasteiger partial charge in [-0.3, -0.25) is 0 Å². The lowest BCUT2D eigenvalue weighted by atomic mass is 9.99. The van der Waals surface area contributed by atoms with E-state index in [1.807, 2.05) is 13.8 Å². The van der Waals surface area contributed by atoms with Crippen molar-refractivity contribution in [3.63, 3.8) is 0 Å². The Morgan fingerprint density at radius 2 is 2.05 bits per heavy atom. The summed E-state index contributed by atoms with van der Waals surface area (Å²) in [6, 6.07) is 6.52. The molecule has 3 N–H and O–H groups in total.